The quantitative estimate of drug-likeness (QED) is 0.316. The van der Waals surface area contributed by atoms with Crippen molar-refractivity contribution in [3.05, 3.63) is 72.1 Å². The van der Waals surface area contributed by atoms with Crippen LogP contribution in [0.1, 0.15) is 18.1 Å². The Labute approximate surface area is 223 Å². The number of hydrogen-bond donors (Lipinski definition) is 3. The molecule has 10 nitrogen and oxygen atoms in total. The largest absolute Gasteiger partial charge is 0.392 e. The molecule has 5 rings (SSSR count). The van der Waals surface area contributed by atoms with E-state index >= 15 is 0 Å². The van der Waals surface area contributed by atoms with E-state index in [0.29, 0.717) is 24.2 Å². The van der Waals surface area contributed by atoms with E-state index in [9.17, 15) is 13.5 Å². The first-order chi connectivity index (χ1) is 18.2. The van der Waals surface area contributed by atoms with Gasteiger partial charge in [-0.15, -0.1) is 0 Å². The first-order valence-corrected chi connectivity index (χ1v) is 14.4. The molecule has 0 aliphatic carbocycles. The molecule has 1 atom stereocenters. The number of nitrogens with zero attached hydrogens (tertiary/aromatic N) is 5. The molecule has 2 aromatic heterocycles. The fraction of sp³-hybridized carbons (Fsp3) is 0.333. The van der Waals surface area contributed by atoms with Crippen LogP contribution in [0.2, 0.25) is 0 Å². The monoisotopic (exact) mass is 535 g/mol. The summed E-state index contributed by atoms with van der Waals surface area (Å²) in [6.07, 6.45) is 4.88. The lowest BCUT2D eigenvalue weighted by molar-refractivity contribution is 0.281. The van der Waals surface area contributed by atoms with E-state index in [1.54, 1.807) is 19.3 Å². The summed E-state index contributed by atoms with van der Waals surface area (Å²) in [5.41, 5.74) is 4.89. The number of fused-ring (bicyclic) bond motifs is 1. The lowest BCUT2D eigenvalue weighted by Gasteiger charge is -2.37. The van der Waals surface area contributed by atoms with Gasteiger partial charge in [-0.2, -0.15) is 4.98 Å². The molecule has 4 aromatic rings. The minimum atomic E-state index is -3.40. The predicted molar refractivity (Wildman–Crippen MR) is 152 cm³/mol. The number of nitrogens with one attached hydrogen (secondary N) is 2. The summed E-state index contributed by atoms with van der Waals surface area (Å²) in [7, 11) is -1.84. The number of piperazine rings is 1. The minimum Gasteiger partial charge on any atom is -0.392 e. The minimum absolute atomic E-state index is 0.0639. The number of anilines is 4. The van der Waals surface area contributed by atoms with Crippen molar-refractivity contribution >= 4 is 44.1 Å². The van der Waals surface area contributed by atoms with Gasteiger partial charge in [-0.25, -0.2) is 13.4 Å². The fourth-order valence-corrected chi connectivity index (χ4v) is 5.41. The molecular weight excluding hydrogens is 502 g/mol. The number of benzene rings is 2. The number of aliphatic hydroxyl groups is 1. The number of para-hydroxylation sites is 1. The maximum Gasteiger partial charge on any atom is 0.232 e. The summed E-state index contributed by atoms with van der Waals surface area (Å²) in [6, 6.07) is 15.7. The highest BCUT2D eigenvalue weighted by Crippen LogP contribution is 2.29. The highest BCUT2D eigenvalue weighted by molar-refractivity contribution is 7.92. The van der Waals surface area contributed by atoms with Crippen molar-refractivity contribution < 1.29 is 13.5 Å². The summed E-state index contributed by atoms with van der Waals surface area (Å²) < 4.78 is 27.6. The highest BCUT2D eigenvalue weighted by Gasteiger charge is 2.21. The zero-order chi connectivity index (χ0) is 26.9. The molecular formula is C27H33N7O3S. The molecule has 2 aromatic carbocycles. The van der Waals surface area contributed by atoms with Gasteiger partial charge in [-0.3, -0.25) is 4.31 Å². The molecule has 1 saturated heterocycles. The van der Waals surface area contributed by atoms with Crippen LogP contribution < -0.4 is 19.8 Å². The second-order valence-electron chi connectivity index (χ2n) is 9.65. The van der Waals surface area contributed by atoms with Crippen LogP contribution in [0, 0.1) is 0 Å². The topological polar surface area (TPSA) is 116 Å². The lowest BCUT2D eigenvalue weighted by atomic mass is 10.1. The molecule has 11 heteroatoms. The van der Waals surface area contributed by atoms with Crippen molar-refractivity contribution in [2.24, 2.45) is 0 Å². The molecule has 0 saturated carbocycles. The maximum absolute atomic E-state index is 12.2. The number of hydrogen-bond acceptors (Lipinski definition) is 8. The zero-order valence-corrected chi connectivity index (χ0v) is 22.6. The van der Waals surface area contributed by atoms with Crippen molar-refractivity contribution in [3.8, 4) is 0 Å². The predicted octanol–water partition coefficient (Wildman–Crippen LogP) is 2.91. The van der Waals surface area contributed by atoms with Gasteiger partial charge in [0.25, 0.3) is 0 Å². The van der Waals surface area contributed by atoms with Crippen LogP contribution in [0.15, 0.2) is 60.9 Å². The molecule has 0 spiro atoms. The van der Waals surface area contributed by atoms with Gasteiger partial charge in [-0.05, 0) is 42.8 Å². The Hall–Kier alpha value is -3.67. The summed E-state index contributed by atoms with van der Waals surface area (Å²) in [4.78, 5) is 11.6. The van der Waals surface area contributed by atoms with Gasteiger partial charge >= 0.3 is 0 Å². The first kappa shape index (κ1) is 26.0. The average Bonchev–Trinajstić information content (AvgIpc) is 3.30. The summed E-state index contributed by atoms with van der Waals surface area (Å²) in [6.45, 7) is 5.27. The Bertz CT molecular complexity index is 1550. The molecule has 1 aliphatic heterocycles. The fourth-order valence-electron chi connectivity index (χ4n) is 4.87. The van der Waals surface area contributed by atoms with Gasteiger partial charge in [-0.1, -0.05) is 18.2 Å². The van der Waals surface area contributed by atoms with Gasteiger partial charge in [0.05, 0.1) is 25.1 Å². The van der Waals surface area contributed by atoms with Gasteiger partial charge in [0, 0.05) is 67.4 Å². The van der Waals surface area contributed by atoms with E-state index in [0.717, 1.165) is 53.2 Å². The molecule has 3 N–H and O–H groups in total. The van der Waals surface area contributed by atoms with Crippen LogP contribution in [-0.2, 0) is 23.2 Å². The molecule has 3 heterocycles. The van der Waals surface area contributed by atoms with E-state index in [-0.39, 0.29) is 6.61 Å². The maximum atomic E-state index is 12.2. The molecule has 1 aliphatic rings. The van der Waals surface area contributed by atoms with Crippen LogP contribution in [0.3, 0.4) is 0 Å². The molecule has 38 heavy (non-hydrogen) atoms. The summed E-state index contributed by atoms with van der Waals surface area (Å²) in [5, 5.41) is 17.6. The third kappa shape index (κ3) is 5.31. The van der Waals surface area contributed by atoms with Gasteiger partial charge in [0.1, 0.15) is 5.65 Å². The van der Waals surface area contributed by atoms with Crippen molar-refractivity contribution in [2.75, 3.05) is 47.5 Å². The molecule has 0 radical (unpaired) electrons. The van der Waals surface area contributed by atoms with Gasteiger partial charge in [0.15, 0.2) is 0 Å². The van der Waals surface area contributed by atoms with Gasteiger partial charge < -0.3 is 25.2 Å². The second kappa shape index (κ2) is 10.6. The Morgan fingerprint density at radius 1 is 1.18 bits per heavy atom. The third-order valence-corrected chi connectivity index (χ3v) is 8.18. The molecule has 0 unspecified atom stereocenters. The first-order valence-electron chi connectivity index (χ1n) is 12.6. The Kier molecular flexibility index (Phi) is 7.24. The van der Waals surface area contributed by atoms with Crippen LogP contribution >= 0.6 is 0 Å². The average molecular weight is 536 g/mol. The highest BCUT2D eigenvalue weighted by atomic mass is 32.2. The Balaban J connectivity index is 1.41. The number of aliphatic hydroxyl groups excluding tert-OH is 1. The van der Waals surface area contributed by atoms with Gasteiger partial charge in [0.2, 0.25) is 16.0 Å². The normalized spacial score (nSPS) is 16.1. The Morgan fingerprint density at radius 2 is 2.00 bits per heavy atom. The van der Waals surface area contributed by atoms with Crippen molar-refractivity contribution in [3.63, 3.8) is 0 Å². The number of aromatic nitrogens is 3. The van der Waals surface area contributed by atoms with Crippen LogP contribution in [-0.4, -0.2) is 67.0 Å². The van der Waals surface area contributed by atoms with Crippen molar-refractivity contribution in [2.45, 2.75) is 26.1 Å². The van der Waals surface area contributed by atoms with Crippen LogP contribution in [0.25, 0.3) is 11.0 Å². The molecule has 200 valence electrons. The van der Waals surface area contributed by atoms with E-state index in [2.05, 4.69) is 27.4 Å². The SMILES string of the molecule is C[C@H]1CNCCN1c1ccc(Nc2ncc3ccn(Cc4ccccc4N(C)S(C)(=O)=O)c3n2)cc1CO. The summed E-state index contributed by atoms with van der Waals surface area (Å²) >= 11 is 0. The zero-order valence-electron chi connectivity index (χ0n) is 21.8. The van der Waals surface area contributed by atoms with E-state index in [4.69, 9.17) is 4.98 Å². The third-order valence-electron chi connectivity index (χ3n) is 6.99. The Morgan fingerprint density at radius 3 is 2.76 bits per heavy atom. The second-order valence-corrected chi connectivity index (χ2v) is 11.7. The van der Waals surface area contributed by atoms with E-state index < -0.39 is 10.0 Å². The lowest BCUT2D eigenvalue weighted by Crippen LogP contribution is -2.50. The number of sulfonamides is 1. The van der Waals surface area contributed by atoms with E-state index in [1.165, 1.54) is 10.6 Å². The summed E-state index contributed by atoms with van der Waals surface area (Å²) in [5.74, 6) is 0.436. The molecule has 0 bridgehead atoms. The van der Waals surface area contributed by atoms with Crippen molar-refractivity contribution in [1.82, 2.24) is 19.9 Å². The molecule has 1 fully saturated rings. The number of rotatable bonds is 8. The van der Waals surface area contributed by atoms with E-state index in [1.807, 2.05) is 53.2 Å². The standard InChI is InChI=1S/C27H33N7O3S/c1-19-15-28-11-13-34(19)25-9-8-23(14-22(25)18-35)30-27-29-16-20-10-12-33(26(20)31-27)17-21-6-4-5-7-24(21)32(2)38(3,36)37/h4-10,12,14,16,19,28,35H,11,13,15,17-18H2,1-3H3,(H,29,30,31)/t19-/m0/s1. The van der Waals surface area contributed by atoms with Crippen LogP contribution in [0.5, 0.6) is 0 Å². The van der Waals surface area contributed by atoms with Crippen LogP contribution in [0.4, 0.5) is 23.0 Å². The smallest absolute Gasteiger partial charge is 0.232 e. The molecule has 0 amide bonds. The van der Waals surface area contributed by atoms with Crippen molar-refractivity contribution in [1.29, 1.82) is 0 Å².